The summed E-state index contributed by atoms with van der Waals surface area (Å²) in [5, 5.41) is 0. The number of aromatic nitrogens is 3. The minimum absolute atomic E-state index is 0. The van der Waals surface area contributed by atoms with Gasteiger partial charge in [-0.1, -0.05) is 0 Å². The molecule has 2 aliphatic rings. The van der Waals surface area contributed by atoms with E-state index in [-0.39, 0.29) is 52.9 Å². The molecule has 10 heteroatoms. The van der Waals surface area contributed by atoms with Crippen LogP contribution in [-0.4, -0.2) is 55.1 Å². The summed E-state index contributed by atoms with van der Waals surface area (Å²) in [5.74, 6) is 1.13. The van der Waals surface area contributed by atoms with E-state index in [1.54, 1.807) is 18.0 Å². The van der Waals surface area contributed by atoms with Gasteiger partial charge in [-0.15, -0.1) is 24.8 Å². The molecule has 1 amide bonds. The first-order chi connectivity index (χ1) is 13.7. The van der Waals surface area contributed by atoms with Gasteiger partial charge >= 0.3 is 0 Å². The zero-order chi connectivity index (χ0) is 20.9. The molecule has 2 N–H and O–H groups in total. The molecule has 0 aliphatic carbocycles. The van der Waals surface area contributed by atoms with Crippen molar-refractivity contribution >= 4 is 42.5 Å². The van der Waals surface area contributed by atoms with Gasteiger partial charge in [0.2, 0.25) is 5.91 Å². The number of imidazole rings is 1. The maximum absolute atomic E-state index is 13.2. The van der Waals surface area contributed by atoms with Crippen LogP contribution in [0, 0.1) is 5.92 Å². The largest absolute Gasteiger partial charge is 0.340 e. The van der Waals surface area contributed by atoms with Crippen LogP contribution in [0.4, 0.5) is 0 Å². The molecule has 31 heavy (non-hydrogen) atoms. The third-order valence-corrected chi connectivity index (χ3v) is 7.83. The van der Waals surface area contributed by atoms with Gasteiger partial charge in [0.05, 0.1) is 11.6 Å². The van der Waals surface area contributed by atoms with Gasteiger partial charge in [-0.3, -0.25) is 9.59 Å². The summed E-state index contributed by atoms with van der Waals surface area (Å²) < 4.78 is 3.45. The van der Waals surface area contributed by atoms with Crippen LogP contribution in [0.1, 0.15) is 31.9 Å². The molecular weight excluding hydrogens is 457 g/mol. The summed E-state index contributed by atoms with van der Waals surface area (Å²) in [7, 11) is 1.89. The van der Waals surface area contributed by atoms with E-state index in [1.807, 2.05) is 59.5 Å². The Labute approximate surface area is 199 Å². The number of carbonyl (C=O) groups excluding carboxylic acids is 1. The molecule has 0 saturated carbocycles. The molecule has 1 fully saturated rings. The van der Waals surface area contributed by atoms with Crippen molar-refractivity contribution in [2.75, 3.05) is 19.3 Å². The number of likely N-dealkylation sites (tertiary alicyclic amines) is 1. The molecule has 3 atom stereocenters. The fraction of sp³-hybridized carbons (Fsp3) is 0.571. The number of piperidine rings is 1. The standard InChI is InChI=1S/C21H29N5O2S.2ClH/c1-21(2,29-4)17(22)20(28)25-10-13-9-14(12-25)16-6-5-15(19(27)26(16)11-13)18-23-7-8-24(18)3;;/h5-8,13-14,17H,9-12,22H2,1-4H3;2*1H/t13-,14+,17+;;/m0../s1. The Morgan fingerprint density at radius 2 is 1.97 bits per heavy atom. The molecule has 0 radical (unpaired) electrons. The zero-order valence-corrected chi connectivity index (χ0v) is 20.7. The molecular formula is C21H31Cl2N5O2S. The lowest BCUT2D eigenvalue weighted by Gasteiger charge is -2.44. The van der Waals surface area contributed by atoms with Crippen LogP contribution in [0.5, 0.6) is 0 Å². The third-order valence-electron chi connectivity index (χ3n) is 6.52. The van der Waals surface area contributed by atoms with Crippen molar-refractivity contribution in [3.8, 4) is 11.4 Å². The number of thioether (sulfide) groups is 1. The number of amides is 1. The fourth-order valence-corrected chi connectivity index (χ4v) is 4.90. The molecule has 0 spiro atoms. The Bertz CT molecular complexity index is 1010. The number of pyridine rings is 1. The lowest BCUT2D eigenvalue weighted by atomic mass is 9.82. The van der Waals surface area contributed by atoms with Gasteiger partial charge in [-0.2, -0.15) is 11.8 Å². The number of halogens is 2. The van der Waals surface area contributed by atoms with E-state index in [0.29, 0.717) is 31.0 Å². The second-order valence-electron chi connectivity index (χ2n) is 8.78. The number of hydrogen-bond acceptors (Lipinski definition) is 5. The van der Waals surface area contributed by atoms with Gasteiger partial charge in [0.1, 0.15) is 5.82 Å². The van der Waals surface area contributed by atoms with E-state index in [9.17, 15) is 9.59 Å². The van der Waals surface area contributed by atoms with Crippen LogP contribution >= 0.6 is 36.6 Å². The Hall–Kier alpha value is -1.48. The van der Waals surface area contributed by atoms with Crippen molar-refractivity contribution in [1.29, 1.82) is 0 Å². The van der Waals surface area contributed by atoms with Crippen molar-refractivity contribution in [2.45, 2.75) is 43.5 Å². The number of fused-ring (bicyclic) bond motifs is 4. The Balaban J connectivity index is 0.00000171. The van der Waals surface area contributed by atoms with Crippen molar-refractivity contribution in [3.63, 3.8) is 0 Å². The summed E-state index contributed by atoms with van der Waals surface area (Å²) in [6, 6.07) is 3.37. The summed E-state index contributed by atoms with van der Waals surface area (Å²) in [5.41, 5.74) is 7.96. The predicted molar refractivity (Wildman–Crippen MR) is 130 cm³/mol. The second kappa shape index (κ2) is 9.57. The number of rotatable bonds is 4. The third kappa shape index (κ3) is 4.53. The van der Waals surface area contributed by atoms with E-state index in [1.165, 1.54) is 0 Å². The Kier molecular flexibility index (Phi) is 7.95. The van der Waals surface area contributed by atoms with Crippen molar-refractivity contribution in [1.82, 2.24) is 19.0 Å². The first-order valence-corrected chi connectivity index (χ1v) is 11.3. The molecule has 2 bridgehead atoms. The summed E-state index contributed by atoms with van der Waals surface area (Å²) >= 11 is 1.61. The van der Waals surface area contributed by atoms with Crippen LogP contribution in [-0.2, 0) is 18.4 Å². The molecule has 0 unspecified atom stereocenters. The topological polar surface area (TPSA) is 86.2 Å². The molecule has 1 saturated heterocycles. The van der Waals surface area contributed by atoms with Crippen molar-refractivity contribution < 1.29 is 4.79 Å². The minimum Gasteiger partial charge on any atom is -0.340 e. The van der Waals surface area contributed by atoms with E-state index in [0.717, 1.165) is 12.1 Å². The highest BCUT2D eigenvalue weighted by molar-refractivity contribution is 8.00. The van der Waals surface area contributed by atoms with Gasteiger partial charge in [0.15, 0.2) is 0 Å². The van der Waals surface area contributed by atoms with Gasteiger partial charge in [-0.25, -0.2) is 4.98 Å². The smallest absolute Gasteiger partial charge is 0.261 e. The number of carbonyl (C=O) groups is 1. The predicted octanol–water partition coefficient (Wildman–Crippen LogP) is 2.51. The van der Waals surface area contributed by atoms with Gasteiger partial charge < -0.3 is 19.8 Å². The molecule has 4 rings (SSSR count). The van der Waals surface area contributed by atoms with Crippen LogP contribution in [0.3, 0.4) is 0 Å². The van der Waals surface area contributed by atoms with Gasteiger partial charge in [0.25, 0.3) is 5.56 Å². The summed E-state index contributed by atoms with van der Waals surface area (Å²) in [6.07, 6.45) is 6.54. The molecule has 2 aromatic rings. The van der Waals surface area contributed by atoms with Gasteiger partial charge in [0, 0.05) is 55.4 Å². The second-order valence-corrected chi connectivity index (χ2v) is 10.2. The normalized spacial score (nSPS) is 20.9. The SMILES string of the molecule is CSC(C)(C)[C@H](N)C(=O)N1C[C@@H]2C[C@H](C1)c1ccc(-c3nccn3C)c(=O)n1C2.Cl.Cl. The molecule has 7 nitrogen and oxygen atoms in total. The molecule has 172 valence electrons. The van der Waals surface area contributed by atoms with Crippen LogP contribution in [0.2, 0.25) is 0 Å². The van der Waals surface area contributed by atoms with Gasteiger partial charge in [-0.05, 0) is 44.6 Å². The molecule has 0 aromatic carbocycles. The summed E-state index contributed by atoms with van der Waals surface area (Å²) in [6.45, 7) is 5.94. The average molecular weight is 488 g/mol. The van der Waals surface area contributed by atoms with Crippen LogP contribution < -0.4 is 11.3 Å². The van der Waals surface area contributed by atoms with E-state index in [4.69, 9.17) is 5.73 Å². The number of hydrogen-bond donors (Lipinski definition) is 1. The summed E-state index contributed by atoms with van der Waals surface area (Å²) in [4.78, 5) is 32.5. The fourth-order valence-electron chi connectivity index (χ4n) is 4.54. The lowest BCUT2D eigenvalue weighted by Crippen LogP contribution is -2.57. The van der Waals surface area contributed by atoms with Crippen LogP contribution in [0.25, 0.3) is 11.4 Å². The van der Waals surface area contributed by atoms with E-state index < -0.39 is 6.04 Å². The molecule has 2 aromatic heterocycles. The first kappa shape index (κ1) is 25.8. The maximum atomic E-state index is 13.2. The lowest BCUT2D eigenvalue weighted by molar-refractivity contribution is -0.135. The average Bonchev–Trinajstić information content (AvgIpc) is 3.13. The number of nitrogens with two attached hydrogens (primary N) is 1. The maximum Gasteiger partial charge on any atom is 0.261 e. The number of aryl methyl sites for hydroxylation is 1. The van der Waals surface area contributed by atoms with E-state index in [2.05, 4.69) is 4.98 Å². The monoisotopic (exact) mass is 487 g/mol. The Morgan fingerprint density at radius 1 is 1.26 bits per heavy atom. The van der Waals surface area contributed by atoms with Crippen molar-refractivity contribution in [3.05, 3.63) is 40.6 Å². The Morgan fingerprint density at radius 3 is 2.58 bits per heavy atom. The van der Waals surface area contributed by atoms with E-state index >= 15 is 0 Å². The van der Waals surface area contributed by atoms with Crippen LogP contribution in [0.15, 0.2) is 29.3 Å². The quantitative estimate of drug-likeness (QED) is 0.715. The highest BCUT2D eigenvalue weighted by Crippen LogP contribution is 2.36. The number of nitrogens with zero attached hydrogens (tertiary/aromatic N) is 4. The minimum atomic E-state index is -0.538. The van der Waals surface area contributed by atoms with Crippen molar-refractivity contribution in [2.24, 2.45) is 18.7 Å². The highest BCUT2D eigenvalue weighted by atomic mass is 35.5. The first-order valence-electron chi connectivity index (χ1n) is 10.0. The highest BCUT2D eigenvalue weighted by Gasteiger charge is 2.41. The molecule has 4 heterocycles. The zero-order valence-electron chi connectivity index (χ0n) is 18.3. The molecule has 2 aliphatic heterocycles.